The zero-order valence-electron chi connectivity index (χ0n) is 36.1. The molecule has 0 bridgehead atoms. The standard InChI is InChI=1S/C23H25Cl2N7.C16H8Cl3N5.C6H15N/c1-14(2)27-12-23(3,4)30-22-29-20(15-7-9-26-10-8-15)19(21-31-28-13-32(21)22)16-5-6-17(24)18(25)11-16;17-11-2-1-10(7-12(11)18)13-14(9-3-5-20-6-4-9)22-16(19)24-8-21-23-15(13)24;1-6(2,3)5-7-4/h5-11,13-14,27H,12H2,1-4H3,(H,29,30);1-8H;7H,5H2,1-4H3. The molecule has 0 aliphatic rings. The maximum atomic E-state index is 6.34. The van der Waals surface area contributed by atoms with Crippen molar-refractivity contribution < 1.29 is 0 Å². The topological polar surface area (TPSA) is 148 Å². The van der Waals surface area contributed by atoms with E-state index in [-0.39, 0.29) is 10.8 Å². The number of halogens is 5. The zero-order chi connectivity index (χ0) is 45.5. The monoisotopic (exact) mass is 945 g/mol. The summed E-state index contributed by atoms with van der Waals surface area (Å²) < 4.78 is 3.48. The summed E-state index contributed by atoms with van der Waals surface area (Å²) in [5, 5.41) is 29.0. The van der Waals surface area contributed by atoms with Gasteiger partial charge in [-0.3, -0.25) is 18.8 Å². The van der Waals surface area contributed by atoms with E-state index in [1.807, 2.05) is 53.9 Å². The zero-order valence-corrected chi connectivity index (χ0v) is 39.9. The Bertz CT molecular complexity index is 2790. The number of pyridine rings is 2. The highest BCUT2D eigenvalue weighted by Gasteiger charge is 2.25. The smallest absolute Gasteiger partial charge is 0.211 e. The highest BCUT2D eigenvalue weighted by molar-refractivity contribution is 6.42. The molecule has 0 aliphatic heterocycles. The molecule has 328 valence electrons. The fourth-order valence-electron chi connectivity index (χ4n) is 6.43. The number of fused-ring (bicyclic) bond motifs is 2. The first-order chi connectivity index (χ1) is 30.0. The van der Waals surface area contributed by atoms with Crippen LogP contribution in [0.25, 0.3) is 56.1 Å². The van der Waals surface area contributed by atoms with Gasteiger partial charge in [-0.05, 0) is 104 Å². The van der Waals surface area contributed by atoms with Crippen LogP contribution < -0.4 is 16.0 Å². The van der Waals surface area contributed by atoms with Crippen LogP contribution in [-0.2, 0) is 0 Å². The van der Waals surface area contributed by atoms with E-state index in [0.29, 0.717) is 54.5 Å². The number of nitrogens with zero attached hydrogens (tertiary/aromatic N) is 10. The molecular formula is C45H48Cl5N13. The molecule has 6 aromatic heterocycles. The van der Waals surface area contributed by atoms with Crippen molar-refractivity contribution >= 4 is 75.2 Å². The summed E-state index contributed by atoms with van der Waals surface area (Å²) in [7, 11) is 1.98. The minimum Gasteiger partial charge on any atom is -0.349 e. The second-order valence-electron chi connectivity index (χ2n) is 16.7. The molecule has 8 aromatic rings. The average Bonchev–Trinajstić information content (AvgIpc) is 3.95. The van der Waals surface area contributed by atoms with Crippen molar-refractivity contribution in [3.8, 4) is 44.8 Å². The molecule has 6 heterocycles. The second-order valence-corrected chi connectivity index (χ2v) is 18.6. The van der Waals surface area contributed by atoms with E-state index in [1.165, 1.54) is 6.33 Å². The lowest BCUT2D eigenvalue weighted by Gasteiger charge is -2.29. The number of hydrogen-bond acceptors (Lipinski definition) is 11. The summed E-state index contributed by atoms with van der Waals surface area (Å²) in [6, 6.07) is 18.8. The molecule has 63 heavy (non-hydrogen) atoms. The summed E-state index contributed by atoms with van der Waals surface area (Å²) in [5.41, 5.74) is 7.86. The molecule has 2 aromatic carbocycles. The lowest BCUT2D eigenvalue weighted by atomic mass is 9.97. The van der Waals surface area contributed by atoms with Gasteiger partial charge < -0.3 is 16.0 Å². The molecule has 0 radical (unpaired) electrons. The van der Waals surface area contributed by atoms with Gasteiger partial charge in [-0.1, -0.05) is 93.2 Å². The Morgan fingerprint density at radius 1 is 0.587 bits per heavy atom. The van der Waals surface area contributed by atoms with E-state index in [2.05, 4.69) is 99.8 Å². The summed E-state index contributed by atoms with van der Waals surface area (Å²) in [5.74, 6) is 0.649. The Morgan fingerprint density at radius 2 is 1.06 bits per heavy atom. The van der Waals surface area contributed by atoms with Crippen molar-refractivity contribution in [2.24, 2.45) is 5.41 Å². The van der Waals surface area contributed by atoms with E-state index in [1.54, 1.807) is 53.7 Å². The average molecular weight is 948 g/mol. The molecule has 8 rings (SSSR count). The number of rotatable bonds is 10. The van der Waals surface area contributed by atoms with E-state index in [4.69, 9.17) is 63.0 Å². The highest BCUT2D eigenvalue weighted by Crippen LogP contribution is 2.39. The maximum absolute atomic E-state index is 6.34. The van der Waals surface area contributed by atoms with Crippen LogP contribution >= 0.6 is 58.0 Å². The van der Waals surface area contributed by atoms with Crippen LogP contribution in [0, 0.1) is 5.41 Å². The van der Waals surface area contributed by atoms with Crippen LogP contribution in [0.3, 0.4) is 0 Å². The van der Waals surface area contributed by atoms with Crippen LogP contribution in [0.4, 0.5) is 5.95 Å². The molecule has 3 N–H and O–H groups in total. The second kappa shape index (κ2) is 20.7. The van der Waals surface area contributed by atoms with Crippen LogP contribution in [0.1, 0.15) is 48.5 Å². The fourth-order valence-corrected chi connectivity index (χ4v) is 7.23. The first kappa shape index (κ1) is 47.5. The Balaban J connectivity index is 0.000000187. The van der Waals surface area contributed by atoms with E-state index in [9.17, 15) is 0 Å². The predicted octanol–water partition coefficient (Wildman–Crippen LogP) is 11.4. The molecule has 0 saturated carbocycles. The lowest BCUT2D eigenvalue weighted by molar-refractivity contribution is 0.395. The maximum Gasteiger partial charge on any atom is 0.211 e. The molecule has 0 spiro atoms. The third-order valence-electron chi connectivity index (χ3n) is 9.30. The Labute approximate surface area is 392 Å². The largest absolute Gasteiger partial charge is 0.349 e. The van der Waals surface area contributed by atoms with Crippen molar-refractivity contribution in [3.05, 3.63) is 123 Å². The molecule has 18 heteroatoms. The van der Waals surface area contributed by atoms with Crippen LogP contribution in [0.15, 0.2) is 98.1 Å². The van der Waals surface area contributed by atoms with Gasteiger partial charge in [-0.15, -0.1) is 20.4 Å². The van der Waals surface area contributed by atoms with Crippen LogP contribution in [-0.4, -0.2) is 80.8 Å². The summed E-state index contributed by atoms with van der Waals surface area (Å²) >= 11 is 31.0. The number of anilines is 1. The van der Waals surface area contributed by atoms with Gasteiger partial charge in [0.15, 0.2) is 11.3 Å². The van der Waals surface area contributed by atoms with Gasteiger partial charge in [0.25, 0.3) is 0 Å². The fraction of sp³-hybridized carbons (Fsp3) is 0.289. The number of aromatic nitrogens is 10. The van der Waals surface area contributed by atoms with Crippen molar-refractivity contribution in [2.75, 3.05) is 25.5 Å². The van der Waals surface area contributed by atoms with Crippen LogP contribution in [0.5, 0.6) is 0 Å². The minimum absolute atomic E-state index is 0.269. The Morgan fingerprint density at radius 3 is 1.51 bits per heavy atom. The quantitative estimate of drug-likeness (QED) is 0.113. The summed E-state index contributed by atoms with van der Waals surface area (Å²) in [4.78, 5) is 17.7. The Kier molecular flexibility index (Phi) is 15.6. The summed E-state index contributed by atoms with van der Waals surface area (Å²) in [6.07, 6.45) is 10.0. The van der Waals surface area contributed by atoms with E-state index in [0.717, 1.165) is 52.2 Å². The van der Waals surface area contributed by atoms with Crippen molar-refractivity contribution in [1.82, 2.24) is 59.8 Å². The van der Waals surface area contributed by atoms with E-state index < -0.39 is 0 Å². The van der Waals surface area contributed by atoms with Gasteiger partial charge in [-0.25, -0.2) is 9.97 Å². The molecule has 0 aliphatic carbocycles. The molecule has 0 saturated heterocycles. The van der Waals surface area contributed by atoms with E-state index >= 15 is 0 Å². The first-order valence-corrected chi connectivity index (χ1v) is 21.9. The number of nitrogens with one attached hydrogen (secondary N) is 3. The Hall–Kier alpha value is -4.99. The van der Waals surface area contributed by atoms with Crippen molar-refractivity contribution in [3.63, 3.8) is 0 Å². The highest BCUT2D eigenvalue weighted by atomic mass is 35.5. The SMILES string of the molecule is CC(C)NCC(C)(C)Nc1nc(-c2ccncc2)c(-c2ccc(Cl)c(Cl)c2)c2nncn12.CNCC(C)(C)C.Clc1ccc(-c2c(-c3ccncc3)nc(Cl)n3cnnc23)cc1Cl. The normalized spacial score (nSPS) is 11.7. The van der Waals surface area contributed by atoms with Gasteiger partial charge >= 0.3 is 0 Å². The number of hydrogen-bond donors (Lipinski definition) is 3. The van der Waals surface area contributed by atoms with Gasteiger partial charge in [-0.2, -0.15) is 0 Å². The van der Waals surface area contributed by atoms with Gasteiger partial charge in [0.05, 0.1) is 42.6 Å². The predicted molar refractivity (Wildman–Crippen MR) is 258 cm³/mol. The minimum atomic E-state index is -0.269. The van der Waals surface area contributed by atoms with Gasteiger partial charge in [0, 0.05) is 54.0 Å². The first-order valence-electron chi connectivity index (χ1n) is 20.0. The lowest BCUT2D eigenvalue weighted by Crippen LogP contribution is -2.44. The molecule has 0 amide bonds. The number of benzene rings is 2. The molecular weight excluding hydrogens is 900 g/mol. The van der Waals surface area contributed by atoms with Crippen molar-refractivity contribution in [2.45, 2.75) is 60.0 Å². The molecule has 0 unspecified atom stereocenters. The molecule has 0 fully saturated rings. The van der Waals surface area contributed by atoms with Gasteiger partial charge in [0.1, 0.15) is 12.7 Å². The summed E-state index contributed by atoms with van der Waals surface area (Å²) in [6.45, 7) is 17.0. The van der Waals surface area contributed by atoms with Crippen LogP contribution in [0.2, 0.25) is 25.4 Å². The third-order valence-corrected chi connectivity index (χ3v) is 11.0. The van der Waals surface area contributed by atoms with Crippen molar-refractivity contribution in [1.29, 1.82) is 0 Å². The third kappa shape index (κ3) is 12.0. The molecule has 0 atom stereocenters. The van der Waals surface area contributed by atoms with Gasteiger partial charge in [0.2, 0.25) is 11.2 Å². The molecule has 13 nitrogen and oxygen atoms in total.